The van der Waals surface area contributed by atoms with Gasteiger partial charge in [-0.1, -0.05) is 17.4 Å². The van der Waals surface area contributed by atoms with Crippen molar-refractivity contribution in [3.05, 3.63) is 52.3 Å². The second kappa shape index (κ2) is 10.3. The quantitative estimate of drug-likeness (QED) is 0.491. The molecule has 3 aromatic rings. The van der Waals surface area contributed by atoms with E-state index in [4.69, 9.17) is 14.2 Å². The highest BCUT2D eigenvalue weighted by molar-refractivity contribution is 7.16. The van der Waals surface area contributed by atoms with Gasteiger partial charge < -0.3 is 18.8 Å². The number of carbonyl (C=O) groups is 2. The third kappa shape index (κ3) is 5.32. The molecule has 2 aromatic carbocycles. The van der Waals surface area contributed by atoms with E-state index < -0.39 is 5.91 Å². The molecule has 0 fully saturated rings. The highest BCUT2D eigenvalue weighted by atomic mass is 32.1. The number of hydrogen-bond donors (Lipinski definition) is 0. The number of aryl methyl sites for hydroxylation is 1. The van der Waals surface area contributed by atoms with Gasteiger partial charge in [0.25, 0.3) is 5.91 Å². The number of esters is 1. The normalized spacial score (nSPS) is 11.5. The second-order valence-corrected chi connectivity index (χ2v) is 7.70. The molecule has 0 spiro atoms. The lowest BCUT2D eigenvalue weighted by molar-refractivity contribution is -0.143. The maximum Gasteiger partial charge on any atom is 0.326 e. The van der Waals surface area contributed by atoms with Gasteiger partial charge in [-0.15, -0.1) is 0 Å². The lowest BCUT2D eigenvalue weighted by atomic mass is 10.2. The van der Waals surface area contributed by atoms with Crippen molar-refractivity contribution in [2.75, 3.05) is 19.8 Å². The van der Waals surface area contributed by atoms with Crippen LogP contribution >= 0.6 is 11.3 Å². The van der Waals surface area contributed by atoms with Crippen molar-refractivity contribution in [2.24, 2.45) is 4.99 Å². The smallest absolute Gasteiger partial charge is 0.326 e. The van der Waals surface area contributed by atoms with Crippen LogP contribution in [-0.4, -0.2) is 36.3 Å². The highest BCUT2D eigenvalue weighted by Crippen LogP contribution is 2.29. The van der Waals surface area contributed by atoms with Crippen molar-refractivity contribution in [1.29, 1.82) is 0 Å². The number of thiazole rings is 1. The first-order valence-corrected chi connectivity index (χ1v) is 11.0. The molecule has 31 heavy (non-hydrogen) atoms. The van der Waals surface area contributed by atoms with E-state index in [-0.39, 0.29) is 12.5 Å². The summed E-state index contributed by atoms with van der Waals surface area (Å²) < 4.78 is 18.9. The van der Waals surface area contributed by atoms with Crippen LogP contribution in [-0.2, 0) is 16.1 Å². The van der Waals surface area contributed by atoms with Gasteiger partial charge in [-0.05, 0) is 63.6 Å². The van der Waals surface area contributed by atoms with Gasteiger partial charge in [-0.3, -0.25) is 9.59 Å². The Kier molecular flexibility index (Phi) is 7.46. The maximum atomic E-state index is 13.0. The second-order valence-electron chi connectivity index (χ2n) is 6.69. The van der Waals surface area contributed by atoms with Gasteiger partial charge in [0.2, 0.25) is 0 Å². The van der Waals surface area contributed by atoms with Crippen LogP contribution in [0.2, 0.25) is 0 Å². The van der Waals surface area contributed by atoms with Crippen LogP contribution in [0.3, 0.4) is 0 Å². The standard InChI is InChI=1S/C23H26N2O5S/c1-5-28-18-11-9-16(13-19(18)29-6-2)22(27)24-23-25(14-21(26)30-7-3)17-10-8-15(4)12-20(17)31-23/h8-13H,5-7,14H2,1-4H3. The molecule has 0 bridgehead atoms. The molecule has 0 N–H and O–H groups in total. The van der Waals surface area contributed by atoms with Gasteiger partial charge in [-0.25, -0.2) is 0 Å². The molecule has 0 atom stereocenters. The summed E-state index contributed by atoms with van der Waals surface area (Å²) in [6.07, 6.45) is 0. The van der Waals surface area contributed by atoms with Crippen molar-refractivity contribution in [2.45, 2.75) is 34.2 Å². The van der Waals surface area contributed by atoms with Crippen LogP contribution in [0.25, 0.3) is 10.2 Å². The van der Waals surface area contributed by atoms with Gasteiger partial charge in [0.15, 0.2) is 16.3 Å². The van der Waals surface area contributed by atoms with E-state index >= 15 is 0 Å². The fourth-order valence-corrected chi connectivity index (χ4v) is 4.22. The Morgan fingerprint density at radius 2 is 1.71 bits per heavy atom. The number of rotatable bonds is 8. The number of ether oxygens (including phenoxy) is 3. The first-order valence-electron chi connectivity index (χ1n) is 10.2. The molecule has 0 saturated carbocycles. The predicted molar refractivity (Wildman–Crippen MR) is 120 cm³/mol. The largest absolute Gasteiger partial charge is 0.490 e. The molecule has 1 heterocycles. The Balaban J connectivity index is 2.05. The number of benzene rings is 2. The molecule has 3 rings (SSSR count). The van der Waals surface area contributed by atoms with Crippen LogP contribution in [0.5, 0.6) is 11.5 Å². The summed E-state index contributed by atoms with van der Waals surface area (Å²) in [4.78, 5) is 29.9. The Bertz CT molecular complexity index is 1160. The fourth-order valence-electron chi connectivity index (χ4n) is 3.09. The molecule has 164 valence electrons. The maximum absolute atomic E-state index is 13.0. The minimum Gasteiger partial charge on any atom is -0.490 e. The van der Waals surface area contributed by atoms with Crippen LogP contribution in [0.15, 0.2) is 41.4 Å². The fraction of sp³-hybridized carbons (Fsp3) is 0.348. The van der Waals surface area contributed by atoms with E-state index in [1.54, 1.807) is 29.7 Å². The van der Waals surface area contributed by atoms with Crippen molar-refractivity contribution in [3.63, 3.8) is 0 Å². The monoisotopic (exact) mass is 442 g/mol. The van der Waals surface area contributed by atoms with Crippen molar-refractivity contribution in [3.8, 4) is 11.5 Å². The molecule has 0 aliphatic carbocycles. The van der Waals surface area contributed by atoms with E-state index in [2.05, 4.69) is 4.99 Å². The number of amides is 1. The summed E-state index contributed by atoms with van der Waals surface area (Å²) in [5.74, 6) is 0.272. The van der Waals surface area contributed by atoms with E-state index in [0.717, 1.165) is 15.8 Å². The van der Waals surface area contributed by atoms with E-state index in [9.17, 15) is 9.59 Å². The van der Waals surface area contributed by atoms with Gasteiger partial charge in [0, 0.05) is 5.56 Å². The lowest BCUT2D eigenvalue weighted by Crippen LogP contribution is -2.23. The van der Waals surface area contributed by atoms with Gasteiger partial charge in [0.05, 0.1) is 30.0 Å². The highest BCUT2D eigenvalue weighted by Gasteiger charge is 2.15. The third-order valence-corrected chi connectivity index (χ3v) is 5.46. The van der Waals surface area contributed by atoms with Gasteiger partial charge in [-0.2, -0.15) is 4.99 Å². The third-order valence-electron chi connectivity index (χ3n) is 4.42. The molecule has 8 heteroatoms. The SMILES string of the molecule is CCOC(=O)Cn1c(=NC(=O)c2ccc(OCC)c(OCC)c2)sc2cc(C)ccc21. The topological polar surface area (TPSA) is 79.1 Å². The molecule has 0 aliphatic heterocycles. The Labute approximate surface area is 184 Å². The summed E-state index contributed by atoms with van der Waals surface area (Å²) >= 11 is 1.36. The molecule has 0 saturated heterocycles. The summed E-state index contributed by atoms with van der Waals surface area (Å²) in [6, 6.07) is 10.9. The molecule has 1 aromatic heterocycles. The zero-order chi connectivity index (χ0) is 22.4. The van der Waals surface area contributed by atoms with Crippen LogP contribution in [0.1, 0.15) is 36.7 Å². The lowest BCUT2D eigenvalue weighted by Gasteiger charge is -2.11. The zero-order valence-corrected chi connectivity index (χ0v) is 19.0. The van der Waals surface area contributed by atoms with E-state index in [1.807, 2.05) is 39.0 Å². The number of fused-ring (bicyclic) bond motifs is 1. The summed E-state index contributed by atoms with van der Waals surface area (Å²) in [7, 11) is 0. The molecule has 0 unspecified atom stereocenters. The molecule has 1 amide bonds. The minimum absolute atomic E-state index is 0.0174. The Morgan fingerprint density at radius 3 is 2.42 bits per heavy atom. The van der Waals surface area contributed by atoms with Crippen LogP contribution < -0.4 is 14.3 Å². The number of aromatic nitrogens is 1. The Hall–Kier alpha value is -3.13. The number of hydrogen-bond acceptors (Lipinski definition) is 6. The van der Waals surface area contributed by atoms with E-state index in [0.29, 0.717) is 41.7 Å². The van der Waals surface area contributed by atoms with Crippen molar-refractivity contribution in [1.82, 2.24) is 4.57 Å². The van der Waals surface area contributed by atoms with Crippen molar-refractivity contribution < 1.29 is 23.8 Å². The molecule has 0 aliphatic rings. The molecule has 0 radical (unpaired) electrons. The predicted octanol–water partition coefficient (Wildman–Crippen LogP) is 4.11. The minimum atomic E-state index is -0.426. The molecular weight excluding hydrogens is 416 g/mol. The average Bonchev–Trinajstić information content (AvgIpc) is 3.05. The number of carbonyl (C=O) groups excluding carboxylic acids is 2. The van der Waals surface area contributed by atoms with Gasteiger partial charge >= 0.3 is 5.97 Å². The average molecular weight is 443 g/mol. The summed E-state index contributed by atoms with van der Waals surface area (Å²) in [5.41, 5.74) is 2.29. The van der Waals surface area contributed by atoms with Crippen LogP contribution in [0, 0.1) is 6.92 Å². The zero-order valence-electron chi connectivity index (χ0n) is 18.1. The molecular formula is C23H26N2O5S. The summed E-state index contributed by atoms with van der Waals surface area (Å²) in [5, 5.41) is 0. The van der Waals surface area contributed by atoms with Crippen LogP contribution in [0.4, 0.5) is 0 Å². The molecule has 7 nitrogen and oxygen atoms in total. The van der Waals surface area contributed by atoms with Crippen molar-refractivity contribution >= 4 is 33.4 Å². The number of nitrogens with zero attached hydrogens (tertiary/aromatic N) is 2. The Morgan fingerprint density at radius 1 is 0.968 bits per heavy atom. The first-order chi connectivity index (χ1) is 15.0. The van der Waals surface area contributed by atoms with Gasteiger partial charge in [0.1, 0.15) is 6.54 Å². The van der Waals surface area contributed by atoms with E-state index in [1.165, 1.54) is 11.3 Å². The summed E-state index contributed by atoms with van der Waals surface area (Å²) in [6.45, 7) is 8.72. The first kappa shape index (κ1) is 22.6.